The molecule has 3 rings (SSSR count). The molecule has 0 aliphatic rings. The third-order valence-electron chi connectivity index (χ3n) is 4.04. The van der Waals surface area contributed by atoms with Crippen molar-refractivity contribution in [3.8, 4) is 0 Å². The van der Waals surface area contributed by atoms with Crippen molar-refractivity contribution in [2.24, 2.45) is 0 Å². The number of anilines is 1. The molecule has 1 heterocycles. The standard InChI is InChI=1S/C20H20N2O3S2/c1-22(14-16-5-3-2-4-6-16)27(24,25)19-9-7-18(8-10-19)21-20(23)13-17-11-12-26-15-17/h2-12,15H,13-14H2,1H3,(H,21,23). The number of hydrogen-bond acceptors (Lipinski definition) is 4. The van der Waals surface area contributed by atoms with Crippen LogP contribution < -0.4 is 5.32 Å². The number of amides is 1. The van der Waals surface area contributed by atoms with Crippen molar-refractivity contribution < 1.29 is 13.2 Å². The Bertz CT molecular complexity index is 983. The summed E-state index contributed by atoms with van der Waals surface area (Å²) in [5.74, 6) is -0.134. The van der Waals surface area contributed by atoms with Gasteiger partial charge >= 0.3 is 0 Å². The number of carbonyl (C=O) groups is 1. The summed E-state index contributed by atoms with van der Waals surface area (Å²) in [5.41, 5.74) is 2.44. The smallest absolute Gasteiger partial charge is 0.243 e. The fraction of sp³-hybridized carbons (Fsp3) is 0.150. The predicted octanol–water partition coefficient (Wildman–Crippen LogP) is 3.75. The van der Waals surface area contributed by atoms with Crippen LogP contribution in [0.3, 0.4) is 0 Å². The van der Waals surface area contributed by atoms with Gasteiger partial charge < -0.3 is 5.32 Å². The summed E-state index contributed by atoms with van der Waals surface area (Å²) in [4.78, 5) is 12.2. The molecule has 0 saturated heterocycles. The molecule has 5 nitrogen and oxygen atoms in total. The monoisotopic (exact) mass is 400 g/mol. The normalized spacial score (nSPS) is 11.5. The van der Waals surface area contributed by atoms with Crippen molar-refractivity contribution >= 4 is 33.0 Å². The molecule has 0 aliphatic carbocycles. The van der Waals surface area contributed by atoms with Crippen molar-refractivity contribution in [3.63, 3.8) is 0 Å². The third-order valence-corrected chi connectivity index (χ3v) is 6.59. The molecule has 3 aromatic rings. The van der Waals surface area contributed by atoms with Gasteiger partial charge in [0.25, 0.3) is 0 Å². The van der Waals surface area contributed by atoms with Gasteiger partial charge in [-0.2, -0.15) is 15.6 Å². The number of hydrogen-bond donors (Lipinski definition) is 1. The van der Waals surface area contributed by atoms with Gasteiger partial charge in [0.15, 0.2) is 0 Å². The zero-order valence-electron chi connectivity index (χ0n) is 14.8. The summed E-state index contributed by atoms with van der Waals surface area (Å²) in [7, 11) is -2.05. The second-order valence-electron chi connectivity index (χ2n) is 6.13. The van der Waals surface area contributed by atoms with Crippen molar-refractivity contribution in [1.29, 1.82) is 0 Å². The lowest BCUT2D eigenvalue weighted by atomic mass is 10.2. The highest BCUT2D eigenvalue weighted by molar-refractivity contribution is 7.89. The molecule has 0 saturated carbocycles. The zero-order chi connectivity index (χ0) is 19.3. The van der Waals surface area contributed by atoms with Crippen LogP contribution in [0.25, 0.3) is 0 Å². The molecule has 0 fully saturated rings. The minimum absolute atomic E-state index is 0.134. The van der Waals surface area contributed by atoms with Gasteiger partial charge in [-0.15, -0.1) is 0 Å². The molecule has 0 radical (unpaired) electrons. The van der Waals surface area contributed by atoms with E-state index in [1.54, 1.807) is 30.5 Å². The van der Waals surface area contributed by atoms with Crippen molar-refractivity contribution in [2.75, 3.05) is 12.4 Å². The lowest BCUT2D eigenvalue weighted by Crippen LogP contribution is -2.26. The lowest BCUT2D eigenvalue weighted by Gasteiger charge is -2.17. The molecule has 1 N–H and O–H groups in total. The highest BCUT2D eigenvalue weighted by Crippen LogP contribution is 2.19. The fourth-order valence-electron chi connectivity index (χ4n) is 2.60. The van der Waals surface area contributed by atoms with E-state index in [1.165, 1.54) is 16.4 Å². The van der Waals surface area contributed by atoms with E-state index in [0.29, 0.717) is 18.7 Å². The first-order valence-corrected chi connectivity index (χ1v) is 10.7. The summed E-state index contributed by atoms with van der Waals surface area (Å²) >= 11 is 1.54. The molecule has 140 valence electrons. The number of carbonyl (C=O) groups excluding carboxylic acids is 1. The Morgan fingerprint density at radius 2 is 1.70 bits per heavy atom. The second kappa shape index (κ2) is 8.47. The summed E-state index contributed by atoms with van der Waals surface area (Å²) < 4.78 is 26.8. The second-order valence-corrected chi connectivity index (χ2v) is 8.95. The Kier molecular flexibility index (Phi) is 6.05. The Hall–Kier alpha value is -2.48. The maximum atomic E-state index is 12.7. The van der Waals surface area contributed by atoms with Gasteiger partial charge in [-0.1, -0.05) is 30.3 Å². The number of nitrogens with zero attached hydrogens (tertiary/aromatic N) is 1. The molecule has 27 heavy (non-hydrogen) atoms. The van der Waals surface area contributed by atoms with Crippen LogP contribution in [-0.4, -0.2) is 25.7 Å². The molecule has 0 unspecified atom stereocenters. The average molecular weight is 401 g/mol. The van der Waals surface area contributed by atoms with Crippen molar-refractivity contribution in [1.82, 2.24) is 4.31 Å². The SMILES string of the molecule is CN(Cc1ccccc1)S(=O)(=O)c1ccc(NC(=O)Cc2ccsc2)cc1. The van der Waals surface area contributed by atoms with Gasteiger partial charge in [0.1, 0.15) is 0 Å². The van der Waals surface area contributed by atoms with Crippen molar-refractivity contribution in [3.05, 3.63) is 82.6 Å². The molecule has 7 heteroatoms. The van der Waals surface area contributed by atoms with Crippen LogP contribution >= 0.6 is 11.3 Å². The van der Waals surface area contributed by atoms with Gasteiger partial charge in [-0.05, 0) is 52.2 Å². The molecule has 0 atom stereocenters. The number of sulfonamides is 1. The van der Waals surface area contributed by atoms with E-state index in [4.69, 9.17) is 0 Å². The van der Waals surface area contributed by atoms with E-state index in [2.05, 4.69) is 5.32 Å². The zero-order valence-corrected chi connectivity index (χ0v) is 16.5. The van der Waals surface area contributed by atoms with Crippen LogP contribution in [-0.2, 0) is 27.8 Å². The average Bonchev–Trinajstić information content (AvgIpc) is 3.16. The van der Waals surface area contributed by atoms with Crippen LogP contribution in [0.4, 0.5) is 5.69 Å². The largest absolute Gasteiger partial charge is 0.326 e. The minimum atomic E-state index is -3.60. The molecular formula is C20H20N2O3S2. The molecule has 0 spiro atoms. The van der Waals surface area contributed by atoms with Crippen LogP contribution in [0, 0.1) is 0 Å². The number of benzene rings is 2. The summed E-state index contributed by atoms with van der Waals surface area (Å²) in [6.07, 6.45) is 0.295. The first-order valence-electron chi connectivity index (χ1n) is 8.36. The maximum Gasteiger partial charge on any atom is 0.243 e. The highest BCUT2D eigenvalue weighted by atomic mass is 32.2. The van der Waals surface area contributed by atoms with Gasteiger partial charge in [0.05, 0.1) is 11.3 Å². The molecule has 1 aromatic heterocycles. The van der Waals surface area contributed by atoms with Crippen LogP contribution in [0.1, 0.15) is 11.1 Å². The topological polar surface area (TPSA) is 66.5 Å². The van der Waals surface area contributed by atoms with E-state index in [1.807, 2.05) is 47.2 Å². The molecule has 0 bridgehead atoms. The molecule has 2 aromatic carbocycles. The van der Waals surface area contributed by atoms with E-state index in [9.17, 15) is 13.2 Å². The minimum Gasteiger partial charge on any atom is -0.326 e. The van der Waals surface area contributed by atoms with Crippen molar-refractivity contribution in [2.45, 2.75) is 17.9 Å². The van der Waals surface area contributed by atoms with E-state index in [-0.39, 0.29) is 10.8 Å². The summed E-state index contributed by atoms with van der Waals surface area (Å²) in [6, 6.07) is 17.6. The van der Waals surface area contributed by atoms with Gasteiger partial charge in [0, 0.05) is 19.3 Å². The van der Waals surface area contributed by atoms with E-state index in [0.717, 1.165) is 11.1 Å². The van der Waals surface area contributed by atoms with Gasteiger partial charge in [-0.3, -0.25) is 4.79 Å². The van der Waals surface area contributed by atoms with Crippen LogP contribution in [0.2, 0.25) is 0 Å². The molecule has 0 aliphatic heterocycles. The fourth-order valence-corrected chi connectivity index (χ4v) is 4.43. The first-order chi connectivity index (χ1) is 12.9. The number of rotatable bonds is 7. The number of thiophene rings is 1. The van der Waals surface area contributed by atoms with Gasteiger partial charge in [-0.25, -0.2) is 8.42 Å². The summed E-state index contributed by atoms with van der Waals surface area (Å²) in [6.45, 7) is 0.294. The van der Waals surface area contributed by atoms with E-state index >= 15 is 0 Å². The summed E-state index contributed by atoms with van der Waals surface area (Å²) in [5, 5.41) is 6.64. The Labute approximate surface area is 163 Å². The quantitative estimate of drug-likeness (QED) is 0.657. The Morgan fingerprint density at radius 1 is 1.00 bits per heavy atom. The predicted molar refractivity (Wildman–Crippen MR) is 108 cm³/mol. The molecular weight excluding hydrogens is 380 g/mol. The third kappa shape index (κ3) is 5.03. The molecule has 1 amide bonds. The first kappa shape index (κ1) is 19.3. The Morgan fingerprint density at radius 3 is 2.33 bits per heavy atom. The van der Waals surface area contributed by atoms with Gasteiger partial charge in [0.2, 0.25) is 15.9 Å². The maximum absolute atomic E-state index is 12.7. The Balaban J connectivity index is 1.65. The highest BCUT2D eigenvalue weighted by Gasteiger charge is 2.20. The number of nitrogens with one attached hydrogen (secondary N) is 1. The van der Waals surface area contributed by atoms with E-state index < -0.39 is 10.0 Å². The lowest BCUT2D eigenvalue weighted by molar-refractivity contribution is -0.115. The van der Waals surface area contributed by atoms with Crippen LogP contribution in [0.5, 0.6) is 0 Å². The van der Waals surface area contributed by atoms with Crippen LogP contribution in [0.15, 0.2) is 76.3 Å².